The fourth-order valence-electron chi connectivity index (χ4n) is 1.51. The van der Waals surface area contributed by atoms with Gasteiger partial charge in [-0.2, -0.15) is 0 Å². The first-order chi connectivity index (χ1) is 9.08. The van der Waals surface area contributed by atoms with Crippen molar-refractivity contribution in [2.24, 2.45) is 10.7 Å². The SMILES string of the molecule is CCN=CC(=CN)CCC(=O)c1ccc(F)cc1Br. The maximum Gasteiger partial charge on any atom is 0.164 e. The summed E-state index contributed by atoms with van der Waals surface area (Å²) in [5, 5.41) is 0. The molecule has 0 unspecified atom stereocenters. The summed E-state index contributed by atoms with van der Waals surface area (Å²) >= 11 is 3.19. The molecule has 0 aromatic heterocycles. The van der Waals surface area contributed by atoms with Crippen molar-refractivity contribution < 1.29 is 9.18 Å². The van der Waals surface area contributed by atoms with E-state index in [1.165, 1.54) is 24.4 Å². The second-order valence-corrected chi connectivity index (χ2v) is 4.77. The highest BCUT2D eigenvalue weighted by Crippen LogP contribution is 2.20. The van der Waals surface area contributed by atoms with E-state index in [9.17, 15) is 9.18 Å². The normalized spacial score (nSPS) is 12.1. The predicted octanol–water partition coefficient (Wildman–Crippen LogP) is 3.48. The zero-order valence-corrected chi connectivity index (χ0v) is 12.3. The number of Topliss-reactive ketones (excluding diaryl/α,β-unsaturated/α-hetero) is 1. The van der Waals surface area contributed by atoms with Crippen LogP contribution in [-0.2, 0) is 0 Å². The predicted molar refractivity (Wildman–Crippen MR) is 79.0 cm³/mol. The molecular weight excluding hydrogens is 311 g/mol. The van der Waals surface area contributed by atoms with Crippen molar-refractivity contribution >= 4 is 27.9 Å². The number of nitrogens with zero attached hydrogens (tertiary/aromatic N) is 1. The number of nitrogens with two attached hydrogens (primary N) is 1. The van der Waals surface area contributed by atoms with Crippen LogP contribution in [0.4, 0.5) is 4.39 Å². The van der Waals surface area contributed by atoms with Gasteiger partial charge in [-0.25, -0.2) is 4.39 Å². The summed E-state index contributed by atoms with van der Waals surface area (Å²) in [5.41, 5.74) is 6.76. The van der Waals surface area contributed by atoms with Gasteiger partial charge in [0.1, 0.15) is 5.82 Å². The fourth-order valence-corrected chi connectivity index (χ4v) is 2.08. The Labute approximate surface area is 120 Å². The van der Waals surface area contributed by atoms with Crippen LogP contribution < -0.4 is 5.73 Å². The molecule has 0 spiro atoms. The number of carbonyl (C=O) groups is 1. The maximum atomic E-state index is 12.9. The van der Waals surface area contributed by atoms with Crippen LogP contribution in [0.1, 0.15) is 30.1 Å². The average molecular weight is 327 g/mol. The van der Waals surface area contributed by atoms with Gasteiger partial charge in [0.05, 0.1) is 0 Å². The summed E-state index contributed by atoms with van der Waals surface area (Å²) in [6.07, 6.45) is 3.95. The van der Waals surface area contributed by atoms with E-state index in [0.29, 0.717) is 29.4 Å². The quantitative estimate of drug-likeness (QED) is 0.642. The fraction of sp³-hybridized carbons (Fsp3) is 0.286. The molecule has 0 aliphatic rings. The molecule has 1 aromatic carbocycles. The Morgan fingerprint density at radius 3 is 2.79 bits per heavy atom. The summed E-state index contributed by atoms with van der Waals surface area (Å²) in [7, 11) is 0. The second-order valence-electron chi connectivity index (χ2n) is 3.92. The summed E-state index contributed by atoms with van der Waals surface area (Å²) < 4.78 is 13.4. The molecule has 1 rings (SSSR count). The first-order valence-electron chi connectivity index (χ1n) is 5.97. The van der Waals surface area contributed by atoms with E-state index >= 15 is 0 Å². The van der Waals surface area contributed by atoms with Gasteiger partial charge in [-0.15, -0.1) is 0 Å². The summed E-state index contributed by atoms with van der Waals surface area (Å²) in [6.45, 7) is 2.60. The Morgan fingerprint density at radius 1 is 1.47 bits per heavy atom. The van der Waals surface area contributed by atoms with Crippen LogP contribution in [-0.4, -0.2) is 18.5 Å². The van der Waals surface area contributed by atoms with Crippen LogP contribution in [0.2, 0.25) is 0 Å². The van der Waals surface area contributed by atoms with Crippen molar-refractivity contribution in [3.8, 4) is 0 Å². The van der Waals surface area contributed by atoms with Crippen LogP contribution in [0.3, 0.4) is 0 Å². The van der Waals surface area contributed by atoms with Crippen LogP contribution >= 0.6 is 15.9 Å². The molecule has 1 aromatic rings. The van der Waals surface area contributed by atoms with E-state index in [-0.39, 0.29) is 11.6 Å². The second kappa shape index (κ2) is 7.84. The number of carbonyl (C=O) groups excluding carboxylic acids is 1. The van der Waals surface area contributed by atoms with Gasteiger partial charge < -0.3 is 5.73 Å². The lowest BCUT2D eigenvalue weighted by Gasteiger charge is -2.04. The molecule has 2 N–H and O–H groups in total. The molecule has 0 saturated heterocycles. The summed E-state index contributed by atoms with van der Waals surface area (Å²) in [6, 6.07) is 4.04. The Hall–Kier alpha value is -1.49. The van der Waals surface area contributed by atoms with Crippen LogP contribution in [0.25, 0.3) is 0 Å². The number of aliphatic imine (C=N–C) groups is 1. The van der Waals surface area contributed by atoms with Gasteiger partial charge in [0.15, 0.2) is 5.78 Å². The van der Waals surface area contributed by atoms with Gasteiger partial charge in [-0.3, -0.25) is 9.79 Å². The molecule has 0 amide bonds. The zero-order chi connectivity index (χ0) is 14.3. The minimum atomic E-state index is -0.374. The van der Waals surface area contributed by atoms with Gasteiger partial charge in [-0.05, 0) is 59.2 Å². The first-order valence-corrected chi connectivity index (χ1v) is 6.76. The molecule has 3 nitrogen and oxygen atoms in total. The molecular formula is C14H16BrFN2O. The molecule has 0 aliphatic carbocycles. The standard InChI is InChI=1S/C14H16BrFN2O/c1-2-18-9-10(8-17)3-6-14(19)12-5-4-11(16)7-13(12)15/h4-5,7-9H,2-3,6,17H2,1H3. The summed E-state index contributed by atoms with van der Waals surface area (Å²) in [4.78, 5) is 16.1. The molecule has 0 saturated carbocycles. The highest BCUT2D eigenvalue weighted by Gasteiger charge is 2.11. The first kappa shape index (κ1) is 15.6. The Morgan fingerprint density at radius 2 is 2.21 bits per heavy atom. The topological polar surface area (TPSA) is 55.4 Å². The van der Waals surface area contributed by atoms with Crippen molar-refractivity contribution in [2.75, 3.05) is 6.54 Å². The number of rotatable bonds is 6. The number of halogens is 2. The molecule has 19 heavy (non-hydrogen) atoms. The van der Waals surface area contributed by atoms with Gasteiger partial charge in [0, 0.05) is 29.2 Å². The molecule has 5 heteroatoms. The molecule has 102 valence electrons. The number of ketones is 1. The third-order valence-electron chi connectivity index (χ3n) is 2.53. The lowest BCUT2D eigenvalue weighted by Crippen LogP contribution is -2.03. The molecule has 0 radical (unpaired) electrons. The van der Waals surface area contributed by atoms with Crippen LogP contribution in [0, 0.1) is 5.82 Å². The van der Waals surface area contributed by atoms with Crippen molar-refractivity contribution in [3.05, 3.63) is 45.8 Å². The number of benzene rings is 1. The zero-order valence-electron chi connectivity index (χ0n) is 10.7. The molecule has 0 atom stereocenters. The van der Waals surface area contributed by atoms with Crippen LogP contribution in [0.15, 0.2) is 39.4 Å². The van der Waals surface area contributed by atoms with E-state index in [4.69, 9.17) is 5.73 Å². The molecule has 0 aliphatic heterocycles. The van der Waals surface area contributed by atoms with Crippen molar-refractivity contribution in [1.82, 2.24) is 0 Å². The van der Waals surface area contributed by atoms with E-state index in [1.807, 2.05) is 6.92 Å². The number of hydrogen-bond acceptors (Lipinski definition) is 3. The van der Waals surface area contributed by atoms with E-state index in [2.05, 4.69) is 20.9 Å². The smallest absolute Gasteiger partial charge is 0.164 e. The number of hydrogen-bond donors (Lipinski definition) is 1. The highest BCUT2D eigenvalue weighted by atomic mass is 79.9. The van der Waals surface area contributed by atoms with E-state index < -0.39 is 0 Å². The van der Waals surface area contributed by atoms with Gasteiger partial charge in [-0.1, -0.05) is 0 Å². The van der Waals surface area contributed by atoms with Gasteiger partial charge in [0.25, 0.3) is 0 Å². The lowest BCUT2D eigenvalue weighted by molar-refractivity contribution is 0.0982. The van der Waals surface area contributed by atoms with Crippen molar-refractivity contribution in [3.63, 3.8) is 0 Å². The van der Waals surface area contributed by atoms with E-state index in [1.54, 1.807) is 6.21 Å². The summed E-state index contributed by atoms with van der Waals surface area (Å²) in [5.74, 6) is -0.433. The molecule has 0 bridgehead atoms. The third-order valence-corrected chi connectivity index (χ3v) is 3.18. The Balaban J connectivity index is 2.67. The van der Waals surface area contributed by atoms with Gasteiger partial charge in [0.2, 0.25) is 0 Å². The third kappa shape index (κ3) is 4.95. The number of allylic oxidation sites excluding steroid dienone is 1. The lowest BCUT2D eigenvalue weighted by atomic mass is 10.0. The van der Waals surface area contributed by atoms with Crippen molar-refractivity contribution in [2.45, 2.75) is 19.8 Å². The largest absolute Gasteiger partial charge is 0.404 e. The minimum absolute atomic E-state index is 0.0591. The molecule has 0 heterocycles. The highest BCUT2D eigenvalue weighted by molar-refractivity contribution is 9.10. The van der Waals surface area contributed by atoms with Gasteiger partial charge >= 0.3 is 0 Å². The van der Waals surface area contributed by atoms with Crippen LogP contribution in [0.5, 0.6) is 0 Å². The minimum Gasteiger partial charge on any atom is -0.404 e. The average Bonchev–Trinajstić information content (AvgIpc) is 2.38. The van der Waals surface area contributed by atoms with E-state index in [0.717, 1.165) is 5.57 Å². The Kier molecular flexibility index (Phi) is 6.42. The van der Waals surface area contributed by atoms with Crippen molar-refractivity contribution in [1.29, 1.82) is 0 Å². The monoisotopic (exact) mass is 326 g/mol. The molecule has 0 fully saturated rings. The maximum absolute atomic E-state index is 12.9. The Bertz CT molecular complexity index is 512.